The highest BCUT2D eigenvalue weighted by atomic mass is 19.1. The second-order valence-corrected chi connectivity index (χ2v) is 4.78. The van der Waals surface area contributed by atoms with Crippen LogP contribution in [-0.4, -0.2) is 5.91 Å². The highest BCUT2D eigenvalue weighted by Gasteiger charge is 2.34. The molecular formula is C13H14FNO. The second kappa shape index (κ2) is 3.58. The molecule has 0 saturated heterocycles. The van der Waals surface area contributed by atoms with Crippen molar-refractivity contribution in [2.45, 2.75) is 31.6 Å². The Hall–Kier alpha value is -1.38. The van der Waals surface area contributed by atoms with Gasteiger partial charge in [0, 0.05) is 12.1 Å². The van der Waals surface area contributed by atoms with Crippen LogP contribution in [0.1, 0.15) is 37.2 Å². The second-order valence-electron chi connectivity index (χ2n) is 4.78. The van der Waals surface area contributed by atoms with Crippen molar-refractivity contribution in [1.29, 1.82) is 0 Å². The van der Waals surface area contributed by atoms with Gasteiger partial charge in [0.15, 0.2) is 0 Å². The number of hydrogen-bond acceptors (Lipinski definition) is 1. The maximum atomic E-state index is 13.1. The first-order valence-corrected chi connectivity index (χ1v) is 5.83. The van der Waals surface area contributed by atoms with Crippen LogP contribution in [0.5, 0.6) is 0 Å². The number of hydrogen-bond donors (Lipinski definition) is 1. The third kappa shape index (κ3) is 1.51. The van der Waals surface area contributed by atoms with Gasteiger partial charge in [-0.1, -0.05) is 12.5 Å². The Bertz CT molecular complexity index is 440. The molecule has 2 aliphatic rings. The van der Waals surface area contributed by atoms with E-state index < -0.39 is 0 Å². The maximum absolute atomic E-state index is 13.1. The van der Waals surface area contributed by atoms with Gasteiger partial charge in [-0.25, -0.2) is 4.39 Å². The smallest absolute Gasteiger partial charge is 0.225 e. The Labute approximate surface area is 93.9 Å². The highest BCUT2D eigenvalue weighted by Crippen LogP contribution is 2.45. The Balaban J connectivity index is 2.00. The van der Waals surface area contributed by atoms with Gasteiger partial charge in [-0.15, -0.1) is 0 Å². The van der Waals surface area contributed by atoms with E-state index in [0.29, 0.717) is 23.9 Å². The third-order valence-electron chi connectivity index (χ3n) is 3.81. The van der Waals surface area contributed by atoms with Gasteiger partial charge >= 0.3 is 0 Å². The molecule has 1 atom stereocenters. The molecule has 1 aromatic rings. The lowest BCUT2D eigenvalue weighted by Crippen LogP contribution is -2.30. The topological polar surface area (TPSA) is 29.1 Å². The largest absolute Gasteiger partial charge is 0.326 e. The van der Waals surface area contributed by atoms with E-state index >= 15 is 0 Å². The molecule has 16 heavy (non-hydrogen) atoms. The van der Waals surface area contributed by atoms with Crippen molar-refractivity contribution >= 4 is 11.6 Å². The van der Waals surface area contributed by atoms with Crippen molar-refractivity contribution in [3.63, 3.8) is 0 Å². The molecule has 0 aromatic heterocycles. The molecule has 1 unspecified atom stereocenters. The summed E-state index contributed by atoms with van der Waals surface area (Å²) in [6.45, 7) is 0. The molecule has 1 aliphatic heterocycles. The number of halogens is 1. The van der Waals surface area contributed by atoms with Gasteiger partial charge in [0.1, 0.15) is 5.82 Å². The van der Waals surface area contributed by atoms with Gasteiger partial charge in [0.25, 0.3) is 0 Å². The number of nitrogens with one attached hydrogen (secondary N) is 1. The van der Waals surface area contributed by atoms with Crippen LogP contribution >= 0.6 is 0 Å². The van der Waals surface area contributed by atoms with E-state index in [1.807, 2.05) is 6.07 Å². The molecule has 1 N–H and O–H groups in total. The number of benzene rings is 1. The summed E-state index contributed by atoms with van der Waals surface area (Å²) in [6.07, 6.45) is 4.23. The van der Waals surface area contributed by atoms with Gasteiger partial charge in [-0.2, -0.15) is 0 Å². The van der Waals surface area contributed by atoms with Gasteiger partial charge in [-0.3, -0.25) is 4.79 Å². The van der Waals surface area contributed by atoms with E-state index in [2.05, 4.69) is 5.32 Å². The van der Waals surface area contributed by atoms with Crippen LogP contribution in [0.4, 0.5) is 10.1 Å². The first-order valence-electron chi connectivity index (χ1n) is 5.83. The Kier molecular flexibility index (Phi) is 2.20. The van der Waals surface area contributed by atoms with E-state index in [4.69, 9.17) is 0 Å². The number of rotatable bonds is 1. The molecule has 1 aliphatic carbocycles. The van der Waals surface area contributed by atoms with Crippen molar-refractivity contribution in [2.24, 2.45) is 5.92 Å². The van der Waals surface area contributed by atoms with E-state index in [1.165, 1.54) is 31.4 Å². The lowest BCUT2D eigenvalue weighted by atomic mass is 9.70. The molecule has 0 radical (unpaired) electrons. The highest BCUT2D eigenvalue weighted by molar-refractivity contribution is 5.94. The molecule has 3 heteroatoms. The van der Waals surface area contributed by atoms with Crippen molar-refractivity contribution in [1.82, 2.24) is 0 Å². The summed E-state index contributed by atoms with van der Waals surface area (Å²) in [5.74, 6) is 0.664. The zero-order valence-corrected chi connectivity index (χ0v) is 9.00. The molecule has 3 rings (SSSR count). The fourth-order valence-corrected chi connectivity index (χ4v) is 2.73. The fourth-order valence-electron chi connectivity index (χ4n) is 2.73. The molecule has 0 spiro atoms. The predicted octanol–water partition coefficient (Wildman–Crippen LogP) is 3.05. The molecule has 1 heterocycles. The normalized spacial score (nSPS) is 24.6. The SMILES string of the molecule is O=C1CC(C2CCC2)c2ccc(F)cc2N1. The third-order valence-corrected chi connectivity index (χ3v) is 3.81. The lowest BCUT2D eigenvalue weighted by molar-refractivity contribution is -0.117. The molecule has 1 fully saturated rings. The molecule has 0 bridgehead atoms. The van der Waals surface area contributed by atoms with E-state index in [1.54, 1.807) is 0 Å². The number of carbonyl (C=O) groups excluding carboxylic acids is 1. The summed E-state index contributed by atoms with van der Waals surface area (Å²) < 4.78 is 13.1. The van der Waals surface area contributed by atoms with Crippen molar-refractivity contribution in [3.8, 4) is 0 Å². The summed E-state index contributed by atoms with van der Waals surface area (Å²) in [5.41, 5.74) is 1.79. The summed E-state index contributed by atoms with van der Waals surface area (Å²) in [6, 6.07) is 4.74. The van der Waals surface area contributed by atoms with Gasteiger partial charge in [-0.05, 0) is 42.4 Å². The first kappa shape index (κ1) is 9.82. The van der Waals surface area contributed by atoms with Crippen molar-refractivity contribution in [2.75, 3.05) is 5.32 Å². The number of amides is 1. The van der Waals surface area contributed by atoms with Gasteiger partial charge < -0.3 is 5.32 Å². The van der Waals surface area contributed by atoms with E-state index in [0.717, 1.165) is 5.56 Å². The summed E-state index contributed by atoms with van der Waals surface area (Å²) in [7, 11) is 0. The quantitative estimate of drug-likeness (QED) is 0.772. The Morgan fingerprint density at radius 1 is 1.31 bits per heavy atom. The Morgan fingerprint density at radius 3 is 2.81 bits per heavy atom. The first-order chi connectivity index (χ1) is 7.74. The summed E-state index contributed by atoms with van der Waals surface area (Å²) in [5, 5.41) is 2.75. The van der Waals surface area contributed by atoms with Crippen LogP contribution in [0.3, 0.4) is 0 Å². The van der Waals surface area contributed by atoms with Crippen molar-refractivity contribution in [3.05, 3.63) is 29.6 Å². The zero-order valence-electron chi connectivity index (χ0n) is 9.00. The zero-order chi connectivity index (χ0) is 11.1. The van der Waals surface area contributed by atoms with Crippen LogP contribution in [0.25, 0.3) is 0 Å². The van der Waals surface area contributed by atoms with E-state index in [9.17, 15) is 9.18 Å². The monoisotopic (exact) mass is 219 g/mol. The lowest BCUT2D eigenvalue weighted by Gasteiger charge is -2.37. The van der Waals surface area contributed by atoms with Crippen molar-refractivity contribution < 1.29 is 9.18 Å². The number of anilines is 1. The summed E-state index contributed by atoms with van der Waals surface area (Å²) >= 11 is 0. The molecule has 84 valence electrons. The van der Waals surface area contributed by atoms with Crippen LogP contribution < -0.4 is 5.32 Å². The molecule has 1 amide bonds. The average molecular weight is 219 g/mol. The van der Waals surface area contributed by atoms with Gasteiger partial charge in [0.2, 0.25) is 5.91 Å². The van der Waals surface area contributed by atoms with Crippen LogP contribution in [0.15, 0.2) is 18.2 Å². The average Bonchev–Trinajstić information content (AvgIpc) is 2.13. The molecular weight excluding hydrogens is 205 g/mol. The van der Waals surface area contributed by atoms with Crippen LogP contribution in [0, 0.1) is 11.7 Å². The predicted molar refractivity (Wildman–Crippen MR) is 59.7 cm³/mol. The minimum absolute atomic E-state index is 0.0231. The van der Waals surface area contributed by atoms with Crippen LogP contribution in [0.2, 0.25) is 0 Å². The minimum atomic E-state index is -0.284. The van der Waals surface area contributed by atoms with Crippen LogP contribution in [-0.2, 0) is 4.79 Å². The molecule has 1 aromatic carbocycles. The fraction of sp³-hybridized carbons (Fsp3) is 0.462. The number of fused-ring (bicyclic) bond motifs is 1. The van der Waals surface area contributed by atoms with Gasteiger partial charge in [0.05, 0.1) is 0 Å². The van der Waals surface area contributed by atoms with E-state index in [-0.39, 0.29) is 11.7 Å². The number of carbonyl (C=O) groups is 1. The maximum Gasteiger partial charge on any atom is 0.225 e. The Morgan fingerprint density at radius 2 is 2.12 bits per heavy atom. The molecule has 1 saturated carbocycles. The minimum Gasteiger partial charge on any atom is -0.326 e. The molecule has 2 nitrogen and oxygen atoms in total. The standard InChI is InChI=1S/C13H14FNO/c14-9-4-5-10-11(8-2-1-3-8)7-13(16)15-12(10)6-9/h4-6,8,11H,1-3,7H2,(H,15,16). The summed E-state index contributed by atoms with van der Waals surface area (Å²) in [4.78, 5) is 11.6.